The van der Waals surface area contributed by atoms with E-state index in [0.29, 0.717) is 11.3 Å². The van der Waals surface area contributed by atoms with Crippen LogP contribution in [0.5, 0.6) is 0 Å². The number of hydrogen-bond acceptors (Lipinski definition) is 9. The van der Waals surface area contributed by atoms with Crippen molar-refractivity contribution in [3.63, 3.8) is 0 Å². The lowest BCUT2D eigenvalue weighted by Crippen LogP contribution is -2.74. The van der Waals surface area contributed by atoms with E-state index in [-0.39, 0.29) is 24.0 Å². The first-order valence-corrected chi connectivity index (χ1v) is 11.2. The maximum atomic E-state index is 13.7. The molecule has 4 unspecified atom stereocenters. The van der Waals surface area contributed by atoms with Crippen LogP contribution >= 0.6 is 0 Å². The third-order valence-corrected chi connectivity index (χ3v) is 7.63. The lowest BCUT2D eigenvalue weighted by Gasteiger charge is -2.52. The van der Waals surface area contributed by atoms with Crippen LogP contribution < -0.4 is 10.6 Å². The SMILES string of the molecule is CN(C)c1cc(C(=O)O)cc2c1CC1CC3[C@@H](N(C)C)C(=O)C(C(N)=O)C(=O)[C@@]3(O)C(=O)C1C2=O. The monoisotopic (exact) mass is 485 g/mol. The quantitative estimate of drug-likeness (QED) is 0.445. The molecule has 2 fully saturated rings. The number of ketones is 4. The Labute approximate surface area is 200 Å². The average Bonchev–Trinajstić information content (AvgIpc) is 2.75. The Hall–Kier alpha value is -3.44. The fourth-order valence-electron chi connectivity index (χ4n) is 6.11. The Balaban J connectivity index is 1.89. The molecule has 11 nitrogen and oxygen atoms in total. The maximum absolute atomic E-state index is 13.7. The molecule has 0 aromatic heterocycles. The smallest absolute Gasteiger partial charge is 0.335 e. The van der Waals surface area contributed by atoms with Gasteiger partial charge in [-0.25, -0.2) is 4.79 Å². The fraction of sp³-hybridized carbons (Fsp3) is 0.500. The molecule has 1 aromatic rings. The van der Waals surface area contributed by atoms with Crippen molar-refractivity contribution in [2.24, 2.45) is 29.4 Å². The molecule has 1 amide bonds. The summed E-state index contributed by atoms with van der Waals surface area (Å²) in [6, 6.07) is 1.51. The van der Waals surface area contributed by atoms with E-state index in [1.807, 2.05) is 0 Å². The lowest BCUT2D eigenvalue weighted by atomic mass is 9.52. The molecule has 186 valence electrons. The van der Waals surface area contributed by atoms with E-state index in [9.17, 15) is 39.0 Å². The number of hydrogen-bond donors (Lipinski definition) is 3. The molecule has 0 bridgehead atoms. The van der Waals surface area contributed by atoms with Crippen molar-refractivity contribution in [1.82, 2.24) is 4.90 Å². The predicted octanol–water partition coefficient (Wildman–Crippen LogP) is -1.07. The van der Waals surface area contributed by atoms with Crippen LogP contribution in [0.25, 0.3) is 0 Å². The summed E-state index contributed by atoms with van der Waals surface area (Å²) < 4.78 is 0. The zero-order valence-electron chi connectivity index (χ0n) is 19.8. The molecule has 0 aliphatic heterocycles. The molecule has 0 radical (unpaired) electrons. The summed E-state index contributed by atoms with van der Waals surface area (Å²) in [5.74, 6) is -11.6. The zero-order valence-corrected chi connectivity index (χ0v) is 19.8. The van der Waals surface area contributed by atoms with Gasteiger partial charge in [-0.15, -0.1) is 0 Å². The third kappa shape index (κ3) is 3.33. The Kier molecular flexibility index (Phi) is 5.68. The van der Waals surface area contributed by atoms with E-state index < -0.39 is 70.3 Å². The summed E-state index contributed by atoms with van der Waals surface area (Å²) in [6.45, 7) is 0. The van der Waals surface area contributed by atoms with Gasteiger partial charge in [0.2, 0.25) is 5.91 Å². The Morgan fingerprint density at radius 2 is 1.69 bits per heavy atom. The van der Waals surface area contributed by atoms with Gasteiger partial charge >= 0.3 is 5.97 Å². The molecule has 0 saturated heterocycles. The first-order chi connectivity index (χ1) is 16.2. The summed E-state index contributed by atoms with van der Waals surface area (Å²) in [7, 11) is 6.47. The highest BCUT2D eigenvalue weighted by atomic mass is 16.4. The number of carbonyl (C=O) groups is 6. The molecule has 11 heteroatoms. The van der Waals surface area contributed by atoms with Crippen LogP contribution in [0, 0.1) is 23.7 Å². The van der Waals surface area contributed by atoms with Crippen LogP contribution in [0.15, 0.2) is 12.1 Å². The second-order valence-electron chi connectivity index (χ2n) is 10.0. The molecule has 3 aliphatic rings. The first kappa shape index (κ1) is 24.7. The summed E-state index contributed by atoms with van der Waals surface area (Å²) in [5.41, 5.74) is 3.53. The first-order valence-electron chi connectivity index (χ1n) is 11.2. The highest BCUT2D eigenvalue weighted by Crippen LogP contribution is 2.50. The van der Waals surface area contributed by atoms with E-state index >= 15 is 0 Å². The zero-order chi connectivity index (χ0) is 26.1. The Morgan fingerprint density at radius 1 is 1.06 bits per heavy atom. The van der Waals surface area contributed by atoms with E-state index in [1.54, 1.807) is 19.0 Å². The van der Waals surface area contributed by atoms with Crippen molar-refractivity contribution in [3.8, 4) is 0 Å². The maximum Gasteiger partial charge on any atom is 0.335 e. The van der Waals surface area contributed by atoms with Crippen molar-refractivity contribution >= 4 is 40.7 Å². The molecule has 1 aromatic carbocycles. The largest absolute Gasteiger partial charge is 0.478 e. The van der Waals surface area contributed by atoms with Gasteiger partial charge in [0, 0.05) is 31.3 Å². The highest BCUT2D eigenvalue weighted by Gasteiger charge is 2.69. The molecule has 2 saturated carbocycles. The molecular formula is C24H27N3O8. The number of aromatic carboxylic acids is 1. The number of Topliss-reactive ketones (excluding diaryl/α,β-unsaturated/α-hetero) is 4. The molecule has 35 heavy (non-hydrogen) atoms. The van der Waals surface area contributed by atoms with Gasteiger partial charge in [-0.1, -0.05) is 0 Å². The normalized spacial score (nSPS) is 32.1. The lowest BCUT2D eigenvalue weighted by molar-refractivity contribution is -0.181. The van der Waals surface area contributed by atoms with Crippen LogP contribution in [0.3, 0.4) is 0 Å². The number of likely N-dealkylation sites (N-methyl/N-ethyl adjacent to an activating group) is 1. The average molecular weight is 485 g/mol. The highest BCUT2D eigenvalue weighted by molar-refractivity contribution is 6.32. The number of primary amides is 1. The standard InChI is InChI=1S/C24H27N3O8/c1-26(2)14-8-10(23(33)34)6-12-11(14)5-9-7-13-17(27(3)4)19(29)16(22(25)32)21(31)24(13,35)20(30)15(9)18(12)28/h6,8-9,13,15-17,35H,5,7H2,1-4H3,(H2,25,32)(H,33,34)/t9?,13?,15?,16?,17-,24+/m1/s1. The number of fused-ring (bicyclic) bond motifs is 3. The van der Waals surface area contributed by atoms with Gasteiger partial charge in [-0.05, 0) is 50.6 Å². The molecular weight excluding hydrogens is 458 g/mol. The molecule has 0 spiro atoms. The van der Waals surface area contributed by atoms with Crippen LogP contribution in [0.2, 0.25) is 0 Å². The van der Waals surface area contributed by atoms with Crippen LogP contribution in [-0.4, -0.2) is 90.0 Å². The van der Waals surface area contributed by atoms with Gasteiger partial charge in [-0.3, -0.25) is 28.9 Å². The van der Waals surface area contributed by atoms with Crippen LogP contribution in [-0.2, 0) is 25.6 Å². The number of aliphatic hydroxyl groups is 1. The summed E-state index contributed by atoms with van der Waals surface area (Å²) in [4.78, 5) is 80.4. The van der Waals surface area contributed by atoms with Gasteiger partial charge in [0.05, 0.1) is 17.5 Å². The van der Waals surface area contributed by atoms with Crippen molar-refractivity contribution in [3.05, 3.63) is 28.8 Å². The summed E-state index contributed by atoms with van der Waals surface area (Å²) in [6.07, 6.45) is 0.205. The Morgan fingerprint density at radius 3 is 2.20 bits per heavy atom. The number of nitrogens with zero attached hydrogens (tertiary/aromatic N) is 2. The van der Waals surface area contributed by atoms with E-state index in [2.05, 4.69) is 0 Å². The number of nitrogens with two attached hydrogens (primary N) is 1. The molecule has 4 N–H and O–H groups in total. The number of benzene rings is 1. The second-order valence-corrected chi connectivity index (χ2v) is 10.0. The molecule has 0 heterocycles. The number of carbonyl (C=O) groups excluding carboxylic acids is 5. The fourth-order valence-corrected chi connectivity index (χ4v) is 6.11. The number of rotatable bonds is 4. The molecule has 3 aliphatic carbocycles. The number of carboxylic acid groups (broad SMARTS) is 1. The minimum Gasteiger partial charge on any atom is -0.478 e. The van der Waals surface area contributed by atoms with E-state index in [1.165, 1.54) is 31.1 Å². The van der Waals surface area contributed by atoms with E-state index in [4.69, 9.17) is 5.73 Å². The minimum atomic E-state index is -2.74. The summed E-state index contributed by atoms with van der Waals surface area (Å²) in [5, 5.41) is 21.1. The van der Waals surface area contributed by atoms with Gasteiger partial charge in [0.1, 0.15) is 0 Å². The van der Waals surface area contributed by atoms with Crippen molar-refractivity contribution in [2.75, 3.05) is 33.1 Å². The van der Waals surface area contributed by atoms with E-state index in [0.717, 1.165) is 0 Å². The molecule has 4 rings (SSSR count). The predicted molar refractivity (Wildman–Crippen MR) is 121 cm³/mol. The molecule has 6 atom stereocenters. The van der Waals surface area contributed by atoms with Gasteiger partial charge in [0.15, 0.2) is 34.7 Å². The number of anilines is 1. The number of amides is 1. The van der Waals surface area contributed by atoms with Gasteiger partial charge in [-0.2, -0.15) is 0 Å². The second kappa shape index (κ2) is 8.06. The van der Waals surface area contributed by atoms with Gasteiger partial charge in [0.25, 0.3) is 0 Å². The minimum absolute atomic E-state index is 0.00253. The summed E-state index contributed by atoms with van der Waals surface area (Å²) >= 11 is 0. The topological polar surface area (TPSA) is 175 Å². The Bertz CT molecular complexity index is 1210. The van der Waals surface area contributed by atoms with Crippen molar-refractivity contribution in [1.29, 1.82) is 0 Å². The van der Waals surface area contributed by atoms with Gasteiger partial charge < -0.3 is 20.8 Å². The van der Waals surface area contributed by atoms with Crippen LogP contribution in [0.4, 0.5) is 5.69 Å². The third-order valence-electron chi connectivity index (χ3n) is 7.63. The van der Waals surface area contributed by atoms with Crippen molar-refractivity contribution < 1.29 is 39.0 Å². The van der Waals surface area contributed by atoms with Crippen LogP contribution in [0.1, 0.15) is 32.7 Å². The number of carboxylic acids is 1. The van der Waals surface area contributed by atoms with Crippen molar-refractivity contribution in [2.45, 2.75) is 24.5 Å².